The van der Waals surface area contributed by atoms with Crippen LogP contribution in [0.2, 0.25) is 0 Å². The van der Waals surface area contributed by atoms with Crippen molar-refractivity contribution in [1.29, 1.82) is 0 Å². The van der Waals surface area contributed by atoms with Crippen LogP contribution >= 0.6 is 33.9 Å². The molecule has 4 nitrogen and oxygen atoms in total. The predicted molar refractivity (Wildman–Crippen MR) is 86.5 cm³/mol. The van der Waals surface area contributed by atoms with Crippen molar-refractivity contribution in [2.75, 3.05) is 5.32 Å². The number of Topliss-reactive ketones (excluding diaryl/α,β-unsaturated/α-hetero) is 1. The molecule has 1 heterocycles. The zero-order chi connectivity index (χ0) is 14.1. The normalized spacial score (nSPS) is 13.9. The maximum Gasteiger partial charge on any atom is 0.257 e. The number of amides is 1. The summed E-state index contributed by atoms with van der Waals surface area (Å²) in [5, 5.41) is 3.28. The number of nitrogens with one attached hydrogen (secondary N) is 1. The average Bonchev–Trinajstić information content (AvgIpc) is 2.83. The van der Waals surface area contributed by atoms with Gasteiger partial charge in [-0.15, -0.1) is 0 Å². The molecule has 1 aromatic heterocycles. The molecule has 1 aliphatic rings. The highest BCUT2D eigenvalue weighted by Crippen LogP contribution is 2.29. The number of benzene rings is 1. The fourth-order valence-electron chi connectivity index (χ4n) is 2.12. The van der Waals surface area contributed by atoms with Gasteiger partial charge in [-0.3, -0.25) is 14.9 Å². The minimum absolute atomic E-state index is 0.138. The summed E-state index contributed by atoms with van der Waals surface area (Å²) in [6, 6.07) is 7.34. The molecule has 0 atom stereocenters. The highest BCUT2D eigenvalue weighted by molar-refractivity contribution is 14.1. The third-order valence-electron chi connectivity index (χ3n) is 3.08. The van der Waals surface area contributed by atoms with E-state index in [1.807, 2.05) is 18.2 Å². The van der Waals surface area contributed by atoms with E-state index < -0.39 is 0 Å². The van der Waals surface area contributed by atoms with Gasteiger partial charge in [-0.1, -0.05) is 17.4 Å². The molecule has 0 radical (unpaired) electrons. The van der Waals surface area contributed by atoms with Crippen LogP contribution < -0.4 is 5.32 Å². The third kappa shape index (κ3) is 2.76. The second-order valence-electron chi connectivity index (χ2n) is 4.54. The second kappa shape index (κ2) is 5.61. The highest BCUT2D eigenvalue weighted by atomic mass is 127. The Morgan fingerprint density at radius 1 is 1.35 bits per heavy atom. The Balaban J connectivity index is 1.81. The molecule has 6 heteroatoms. The summed E-state index contributed by atoms with van der Waals surface area (Å²) in [4.78, 5) is 28.9. The third-order valence-corrected chi connectivity index (χ3v) is 4.80. The summed E-state index contributed by atoms with van der Waals surface area (Å²) in [6.45, 7) is 0. The number of fused-ring (bicyclic) bond motifs is 1. The molecule has 1 aromatic carbocycles. The Kier molecular flexibility index (Phi) is 3.84. The molecule has 102 valence electrons. The molecule has 2 aromatic rings. The number of ketones is 1. The van der Waals surface area contributed by atoms with Crippen molar-refractivity contribution in [1.82, 2.24) is 4.98 Å². The number of rotatable bonds is 2. The zero-order valence-electron chi connectivity index (χ0n) is 10.5. The summed E-state index contributed by atoms with van der Waals surface area (Å²) in [5.74, 6) is -0.0550. The van der Waals surface area contributed by atoms with Crippen molar-refractivity contribution in [2.24, 2.45) is 0 Å². The molecule has 0 aliphatic heterocycles. The monoisotopic (exact) mass is 398 g/mol. The Morgan fingerprint density at radius 3 is 2.95 bits per heavy atom. The van der Waals surface area contributed by atoms with Crippen LogP contribution in [0.15, 0.2) is 24.3 Å². The molecular formula is C14H11IN2O2S. The summed E-state index contributed by atoms with van der Waals surface area (Å²) >= 11 is 3.44. The fourth-order valence-corrected chi connectivity index (χ4v) is 3.64. The van der Waals surface area contributed by atoms with Crippen LogP contribution in [0.3, 0.4) is 0 Å². The van der Waals surface area contributed by atoms with Crippen LogP contribution in [0, 0.1) is 3.57 Å². The van der Waals surface area contributed by atoms with E-state index >= 15 is 0 Å². The number of carbonyl (C=O) groups is 2. The van der Waals surface area contributed by atoms with E-state index in [0.717, 1.165) is 22.1 Å². The van der Waals surface area contributed by atoms with Gasteiger partial charge in [0.05, 0.1) is 10.6 Å². The molecule has 3 rings (SSSR count). The van der Waals surface area contributed by atoms with Crippen molar-refractivity contribution < 1.29 is 9.59 Å². The molecule has 1 aliphatic carbocycles. The minimum Gasteiger partial charge on any atom is -0.298 e. The van der Waals surface area contributed by atoms with Crippen molar-refractivity contribution in [3.8, 4) is 0 Å². The van der Waals surface area contributed by atoms with Gasteiger partial charge in [0.2, 0.25) is 0 Å². The minimum atomic E-state index is -0.193. The number of aromatic nitrogens is 1. The molecule has 0 bridgehead atoms. The van der Waals surface area contributed by atoms with Gasteiger partial charge in [0.15, 0.2) is 10.9 Å². The maximum absolute atomic E-state index is 12.1. The van der Waals surface area contributed by atoms with Crippen molar-refractivity contribution in [2.45, 2.75) is 19.3 Å². The smallest absolute Gasteiger partial charge is 0.257 e. The van der Waals surface area contributed by atoms with Crippen LogP contribution in [0.25, 0.3) is 0 Å². The fraction of sp³-hybridized carbons (Fsp3) is 0.214. The van der Waals surface area contributed by atoms with Gasteiger partial charge in [-0.2, -0.15) is 0 Å². The van der Waals surface area contributed by atoms with Gasteiger partial charge in [-0.25, -0.2) is 4.98 Å². The first-order chi connectivity index (χ1) is 9.63. The summed E-state index contributed by atoms with van der Waals surface area (Å²) in [6.07, 6.45) is 2.25. The first-order valence-electron chi connectivity index (χ1n) is 6.23. The van der Waals surface area contributed by atoms with Crippen molar-refractivity contribution in [3.05, 3.63) is 44.0 Å². The lowest BCUT2D eigenvalue weighted by atomic mass is 10.0. The first kappa shape index (κ1) is 13.7. The van der Waals surface area contributed by atoms with Gasteiger partial charge >= 0.3 is 0 Å². The Labute approximate surface area is 133 Å². The number of thiazole rings is 1. The van der Waals surface area contributed by atoms with Crippen molar-refractivity contribution >= 4 is 50.7 Å². The van der Waals surface area contributed by atoms with Crippen LogP contribution in [-0.4, -0.2) is 16.7 Å². The quantitative estimate of drug-likeness (QED) is 0.788. The molecular weight excluding hydrogens is 387 g/mol. The Bertz CT molecular complexity index is 696. The number of nitrogens with zero attached hydrogens (tertiary/aromatic N) is 1. The topological polar surface area (TPSA) is 59.1 Å². The highest BCUT2D eigenvalue weighted by Gasteiger charge is 2.22. The summed E-state index contributed by atoms with van der Waals surface area (Å²) in [7, 11) is 0. The van der Waals surface area contributed by atoms with Gasteiger partial charge in [0.1, 0.15) is 0 Å². The summed E-state index contributed by atoms with van der Waals surface area (Å²) in [5.41, 5.74) is 1.42. The molecule has 1 N–H and O–H groups in total. The van der Waals surface area contributed by atoms with E-state index in [-0.39, 0.29) is 11.7 Å². The van der Waals surface area contributed by atoms with E-state index in [1.54, 1.807) is 6.07 Å². The lowest BCUT2D eigenvalue weighted by molar-refractivity contribution is 0.0975. The number of hydrogen-bond donors (Lipinski definition) is 1. The Hall–Kier alpha value is -1.28. The van der Waals surface area contributed by atoms with E-state index in [4.69, 9.17) is 0 Å². The molecule has 0 fully saturated rings. The van der Waals surface area contributed by atoms with Gasteiger partial charge < -0.3 is 0 Å². The van der Waals surface area contributed by atoms with Gasteiger partial charge in [0, 0.05) is 15.6 Å². The van der Waals surface area contributed by atoms with Crippen molar-refractivity contribution in [3.63, 3.8) is 0 Å². The average molecular weight is 398 g/mol. The molecule has 0 saturated heterocycles. The zero-order valence-corrected chi connectivity index (χ0v) is 13.5. The van der Waals surface area contributed by atoms with E-state index in [9.17, 15) is 9.59 Å². The predicted octanol–water partition coefficient (Wildman–Crippen LogP) is 3.52. The molecule has 20 heavy (non-hydrogen) atoms. The van der Waals surface area contributed by atoms with Crippen LogP contribution in [0.5, 0.6) is 0 Å². The SMILES string of the molecule is O=C(Nc1nc2c(s1)C(=O)CCC2)c1cccc(I)c1. The lowest BCUT2D eigenvalue weighted by Gasteiger charge is -2.05. The first-order valence-corrected chi connectivity index (χ1v) is 8.13. The maximum atomic E-state index is 12.1. The molecule has 0 unspecified atom stereocenters. The molecule has 1 amide bonds. The van der Waals surface area contributed by atoms with Gasteiger partial charge in [0.25, 0.3) is 5.91 Å². The molecule has 0 saturated carbocycles. The second-order valence-corrected chi connectivity index (χ2v) is 6.78. The van der Waals surface area contributed by atoms with Crippen LogP contribution in [-0.2, 0) is 6.42 Å². The number of hydrogen-bond acceptors (Lipinski definition) is 4. The van der Waals surface area contributed by atoms with E-state index in [0.29, 0.717) is 22.0 Å². The number of carbonyl (C=O) groups excluding carboxylic acids is 2. The summed E-state index contributed by atoms with van der Waals surface area (Å²) < 4.78 is 1.00. The Morgan fingerprint density at radius 2 is 2.20 bits per heavy atom. The van der Waals surface area contributed by atoms with Gasteiger partial charge in [-0.05, 0) is 53.6 Å². The van der Waals surface area contributed by atoms with E-state index in [1.165, 1.54) is 11.3 Å². The number of anilines is 1. The van der Waals surface area contributed by atoms with E-state index in [2.05, 4.69) is 32.9 Å². The van der Waals surface area contributed by atoms with Crippen LogP contribution in [0.1, 0.15) is 38.6 Å². The number of halogens is 1. The van der Waals surface area contributed by atoms with Crippen LogP contribution in [0.4, 0.5) is 5.13 Å². The standard InChI is InChI=1S/C14H11IN2O2S/c15-9-4-1-3-8(7-9)13(19)17-14-16-10-5-2-6-11(18)12(10)20-14/h1,3-4,7H,2,5-6H2,(H,16,17,19). The lowest BCUT2D eigenvalue weighted by Crippen LogP contribution is -2.11. The largest absolute Gasteiger partial charge is 0.298 e. The number of aryl methyl sites for hydroxylation is 1. The molecule has 0 spiro atoms.